The molecule has 12 heteroatoms. The molecule has 2 atom stereocenters. The van der Waals surface area contributed by atoms with Gasteiger partial charge in [-0.25, -0.2) is 4.79 Å². The summed E-state index contributed by atoms with van der Waals surface area (Å²) in [6.45, 7) is 3.65. The van der Waals surface area contributed by atoms with E-state index >= 15 is 0 Å². The standard InChI is InChI=1S/C39H42Cl2N4O6/c1-3-6-34(47)45-33(24-27-7-13-29(40)14-8-27)36(48)44(35(45)28-11-15-30(41)16-12-28)31-17-9-26(10-18-31)23-32(37(49)50)43-38(51)39(19-4-5-20-39)21-22-42-25(2)46/h7-18,23,33,35H,3-6,19-22,24H2,1-2H3,(H,42,46)(H,43,51)(H,49,50)/b32-23-. The molecule has 3 aromatic rings. The Morgan fingerprint density at radius 1 is 0.922 bits per heavy atom. The number of nitrogens with zero attached hydrogens (tertiary/aromatic N) is 2. The van der Waals surface area contributed by atoms with Gasteiger partial charge in [0.15, 0.2) is 0 Å². The fraction of sp³-hybridized carbons (Fsp3) is 0.359. The molecule has 2 aliphatic rings. The minimum atomic E-state index is -1.30. The number of nitrogens with one attached hydrogen (secondary N) is 2. The lowest BCUT2D eigenvalue weighted by Crippen LogP contribution is -2.42. The van der Waals surface area contributed by atoms with Gasteiger partial charge in [-0.1, -0.05) is 79.4 Å². The number of carbonyl (C=O) groups is 5. The van der Waals surface area contributed by atoms with Crippen LogP contribution < -0.4 is 15.5 Å². The zero-order chi connectivity index (χ0) is 36.7. The smallest absolute Gasteiger partial charge is 0.352 e. The highest BCUT2D eigenvalue weighted by atomic mass is 35.5. The van der Waals surface area contributed by atoms with Crippen LogP contribution in [-0.2, 0) is 30.4 Å². The van der Waals surface area contributed by atoms with Crippen molar-refractivity contribution in [2.24, 2.45) is 5.41 Å². The summed E-state index contributed by atoms with van der Waals surface area (Å²) in [5.41, 5.74) is 1.50. The number of carbonyl (C=O) groups excluding carboxylic acids is 4. The van der Waals surface area contributed by atoms with Crippen molar-refractivity contribution in [1.82, 2.24) is 15.5 Å². The zero-order valence-electron chi connectivity index (χ0n) is 28.7. The first-order valence-electron chi connectivity index (χ1n) is 17.2. The first-order valence-corrected chi connectivity index (χ1v) is 17.9. The number of benzene rings is 3. The molecule has 0 spiro atoms. The topological polar surface area (TPSA) is 136 Å². The summed E-state index contributed by atoms with van der Waals surface area (Å²) in [5, 5.41) is 16.5. The van der Waals surface area contributed by atoms with Gasteiger partial charge < -0.3 is 20.6 Å². The normalized spacial score (nSPS) is 18.5. The second kappa shape index (κ2) is 16.6. The summed E-state index contributed by atoms with van der Waals surface area (Å²) >= 11 is 12.4. The van der Waals surface area contributed by atoms with Gasteiger partial charge in [-0.05, 0) is 84.8 Å². The second-order valence-corrected chi connectivity index (χ2v) is 14.0. The van der Waals surface area contributed by atoms with E-state index in [-0.39, 0.29) is 42.2 Å². The maximum absolute atomic E-state index is 14.4. The predicted octanol–water partition coefficient (Wildman–Crippen LogP) is 6.91. The van der Waals surface area contributed by atoms with Crippen LogP contribution in [0.5, 0.6) is 0 Å². The van der Waals surface area contributed by atoms with Crippen molar-refractivity contribution in [3.05, 3.63) is 105 Å². The Morgan fingerprint density at radius 2 is 1.53 bits per heavy atom. The summed E-state index contributed by atoms with van der Waals surface area (Å²) < 4.78 is 0. The number of carboxylic acids is 1. The van der Waals surface area contributed by atoms with Crippen molar-refractivity contribution in [3.8, 4) is 0 Å². The number of carboxylic acid groups (broad SMARTS) is 1. The maximum atomic E-state index is 14.4. The summed E-state index contributed by atoms with van der Waals surface area (Å²) in [6, 6.07) is 20.2. The largest absolute Gasteiger partial charge is 0.477 e. The molecule has 4 amide bonds. The summed E-state index contributed by atoms with van der Waals surface area (Å²) in [5.74, 6) is -2.30. The first kappa shape index (κ1) is 37.6. The molecule has 1 aliphatic carbocycles. The molecule has 0 bridgehead atoms. The molecule has 1 saturated heterocycles. The predicted molar refractivity (Wildman–Crippen MR) is 197 cm³/mol. The third-order valence-corrected chi connectivity index (χ3v) is 10.1. The Bertz CT molecular complexity index is 1790. The van der Waals surface area contributed by atoms with E-state index in [1.807, 2.05) is 19.1 Å². The number of aliphatic carboxylic acids is 1. The third kappa shape index (κ3) is 8.80. The van der Waals surface area contributed by atoms with Gasteiger partial charge in [0.1, 0.15) is 17.9 Å². The summed E-state index contributed by atoms with van der Waals surface area (Å²) in [4.78, 5) is 68.7. The molecule has 1 aliphatic heterocycles. The lowest BCUT2D eigenvalue weighted by atomic mass is 9.81. The van der Waals surface area contributed by atoms with E-state index in [2.05, 4.69) is 10.6 Å². The summed E-state index contributed by atoms with van der Waals surface area (Å²) in [7, 11) is 0. The average molecular weight is 734 g/mol. The molecule has 1 saturated carbocycles. The van der Waals surface area contributed by atoms with Crippen LogP contribution in [0.3, 0.4) is 0 Å². The van der Waals surface area contributed by atoms with Gasteiger partial charge in [-0.15, -0.1) is 0 Å². The molecule has 0 radical (unpaired) electrons. The van der Waals surface area contributed by atoms with Crippen LogP contribution in [0.4, 0.5) is 5.69 Å². The highest BCUT2D eigenvalue weighted by Crippen LogP contribution is 2.42. The Balaban J connectivity index is 1.46. The van der Waals surface area contributed by atoms with Gasteiger partial charge in [0.05, 0.1) is 5.41 Å². The highest BCUT2D eigenvalue weighted by Gasteiger charge is 2.49. The molecule has 2 unspecified atom stereocenters. The third-order valence-electron chi connectivity index (χ3n) is 9.61. The van der Waals surface area contributed by atoms with Crippen LogP contribution in [0.2, 0.25) is 10.0 Å². The molecule has 3 aromatic carbocycles. The van der Waals surface area contributed by atoms with E-state index in [1.165, 1.54) is 13.0 Å². The molecule has 5 rings (SSSR count). The van der Waals surface area contributed by atoms with E-state index in [1.54, 1.807) is 70.5 Å². The van der Waals surface area contributed by atoms with E-state index in [4.69, 9.17) is 23.2 Å². The van der Waals surface area contributed by atoms with Gasteiger partial charge in [0, 0.05) is 42.0 Å². The molecule has 1 heterocycles. The molecule has 51 heavy (non-hydrogen) atoms. The molecule has 0 aromatic heterocycles. The van der Waals surface area contributed by atoms with E-state index in [9.17, 15) is 29.1 Å². The second-order valence-electron chi connectivity index (χ2n) is 13.2. The first-order chi connectivity index (χ1) is 24.4. The van der Waals surface area contributed by atoms with E-state index in [0.717, 1.165) is 18.4 Å². The van der Waals surface area contributed by atoms with E-state index in [0.29, 0.717) is 59.1 Å². The maximum Gasteiger partial charge on any atom is 0.352 e. The van der Waals surface area contributed by atoms with Gasteiger partial charge in [0.25, 0.3) is 5.91 Å². The van der Waals surface area contributed by atoms with Crippen molar-refractivity contribution in [2.45, 2.75) is 77.4 Å². The quantitative estimate of drug-likeness (QED) is 0.164. The minimum Gasteiger partial charge on any atom is -0.477 e. The lowest BCUT2D eigenvalue weighted by molar-refractivity contribution is -0.137. The Labute approximate surface area is 307 Å². The van der Waals surface area contributed by atoms with Crippen LogP contribution in [-0.4, -0.2) is 52.2 Å². The van der Waals surface area contributed by atoms with Crippen LogP contribution in [0.1, 0.15) is 81.6 Å². The number of halogens is 2. The monoisotopic (exact) mass is 732 g/mol. The molecular formula is C39H42Cl2N4O6. The van der Waals surface area contributed by atoms with Crippen molar-refractivity contribution in [2.75, 3.05) is 11.4 Å². The minimum absolute atomic E-state index is 0.161. The number of hydrogen-bond acceptors (Lipinski definition) is 5. The van der Waals surface area contributed by atoms with Crippen molar-refractivity contribution in [3.63, 3.8) is 0 Å². The van der Waals surface area contributed by atoms with Gasteiger partial charge in [0.2, 0.25) is 17.7 Å². The van der Waals surface area contributed by atoms with Crippen LogP contribution in [0.15, 0.2) is 78.5 Å². The Hall–Kier alpha value is -4.67. The molecule has 268 valence electrons. The number of rotatable bonds is 13. The van der Waals surface area contributed by atoms with Crippen LogP contribution >= 0.6 is 23.2 Å². The van der Waals surface area contributed by atoms with Crippen molar-refractivity contribution < 1.29 is 29.1 Å². The molecule has 10 nitrogen and oxygen atoms in total. The van der Waals surface area contributed by atoms with Crippen molar-refractivity contribution >= 4 is 64.6 Å². The van der Waals surface area contributed by atoms with Gasteiger partial charge >= 0.3 is 5.97 Å². The van der Waals surface area contributed by atoms with Crippen LogP contribution in [0.25, 0.3) is 6.08 Å². The van der Waals surface area contributed by atoms with Gasteiger partial charge in [-0.2, -0.15) is 0 Å². The average Bonchev–Trinajstić information content (AvgIpc) is 3.69. The number of hydrogen-bond donors (Lipinski definition) is 3. The van der Waals surface area contributed by atoms with Crippen molar-refractivity contribution in [1.29, 1.82) is 0 Å². The van der Waals surface area contributed by atoms with E-state index < -0.39 is 23.6 Å². The van der Waals surface area contributed by atoms with Crippen LogP contribution in [0, 0.1) is 5.41 Å². The highest BCUT2D eigenvalue weighted by molar-refractivity contribution is 6.30. The zero-order valence-corrected chi connectivity index (χ0v) is 30.2. The SMILES string of the molecule is CCCC(=O)N1C(Cc2ccc(Cl)cc2)C(=O)N(c2ccc(/C=C(\NC(=O)C3(CCNC(C)=O)CCCC3)C(=O)O)cc2)C1c1ccc(Cl)cc1. The molecule has 2 fully saturated rings. The van der Waals surface area contributed by atoms with Gasteiger partial charge in [-0.3, -0.25) is 24.1 Å². The fourth-order valence-electron chi connectivity index (χ4n) is 7.01. The number of anilines is 1. The molecule has 3 N–H and O–H groups in total. The number of amides is 4. The fourth-order valence-corrected chi connectivity index (χ4v) is 7.27. The Kier molecular flexibility index (Phi) is 12.2. The summed E-state index contributed by atoms with van der Waals surface area (Å²) in [6.07, 6.45) is 5.06. The Morgan fingerprint density at radius 3 is 2.10 bits per heavy atom. The lowest BCUT2D eigenvalue weighted by Gasteiger charge is -2.32. The molecular weight excluding hydrogens is 691 g/mol.